The van der Waals surface area contributed by atoms with E-state index in [1.165, 1.54) is 44.9 Å². The summed E-state index contributed by atoms with van der Waals surface area (Å²) in [6, 6.07) is 0. The molecule has 16 heavy (non-hydrogen) atoms. The molecule has 2 atom stereocenters. The van der Waals surface area contributed by atoms with E-state index in [2.05, 4.69) is 6.92 Å². The van der Waals surface area contributed by atoms with Gasteiger partial charge in [-0.2, -0.15) is 0 Å². The van der Waals surface area contributed by atoms with Crippen molar-refractivity contribution in [2.45, 2.75) is 83.3 Å². The fourth-order valence-corrected chi connectivity index (χ4v) is 2.36. The molecule has 0 saturated carbocycles. The van der Waals surface area contributed by atoms with Crippen LogP contribution < -0.4 is 0 Å². The lowest BCUT2D eigenvalue weighted by atomic mass is 10.00. The van der Waals surface area contributed by atoms with Gasteiger partial charge < -0.3 is 9.84 Å². The minimum atomic E-state index is -0.0950. The van der Waals surface area contributed by atoms with E-state index in [1.807, 2.05) is 0 Å². The van der Waals surface area contributed by atoms with Crippen molar-refractivity contribution >= 4 is 0 Å². The smallest absolute Gasteiger partial charge is 0.0576 e. The fourth-order valence-electron chi connectivity index (χ4n) is 2.36. The molecule has 1 N–H and O–H groups in total. The Hall–Kier alpha value is -0.0800. The first-order chi connectivity index (χ1) is 7.83. The normalized spacial score (nSPS) is 23.2. The minimum absolute atomic E-state index is 0.0950. The third-order valence-electron chi connectivity index (χ3n) is 3.49. The Morgan fingerprint density at radius 1 is 1.19 bits per heavy atom. The van der Waals surface area contributed by atoms with Gasteiger partial charge in [0.05, 0.1) is 12.2 Å². The number of aliphatic hydroxyl groups is 1. The molecule has 0 aliphatic carbocycles. The Kier molecular flexibility index (Phi) is 7.87. The molecule has 1 aliphatic heterocycles. The quantitative estimate of drug-likeness (QED) is 0.642. The van der Waals surface area contributed by atoms with Crippen LogP contribution in [0.3, 0.4) is 0 Å². The molecule has 0 spiro atoms. The molecule has 0 amide bonds. The number of ether oxygens (including phenoxy) is 1. The van der Waals surface area contributed by atoms with Gasteiger partial charge in [0.2, 0.25) is 0 Å². The predicted molar refractivity (Wildman–Crippen MR) is 67.6 cm³/mol. The standard InChI is InChI=1S/C14H28O2/c1-2-3-4-5-8-13(15)10-11-14-9-6-7-12-16-14/h13-15H,2-12H2,1H3. The van der Waals surface area contributed by atoms with E-state index in [1.54, 1.807) is 0 Å². The Bertz CT molecular complexity index is 153. The first-order valence-electron chi connectivity index (χ1n) is 7.12. The molecule has 0 aromatic rings. The van der Waals surface area contributed by atoms with E-state index < -0.39 is 0 Å². The summed E-state index contributed by atoms with van der Waals surface area (Å²) in [6.45, 7) is 3.15. The Morgan fingerprint density at radius 3 is 2.75 bits per heavy atom. The zero-order valence-electron chi connectivity index (χ0n) is 10.8. The minimum Gasteiger partial charge on any atom is -0.393 e. The topological polar surface area (TPSA) is 29.5 Å². The molecule has 2 unspecified atom stereocenters. The van der Waals surface area contributed by atoms with Crippen molar-refractivity contribution in [3.8, 4) is 0 Å². The van der Waals surface area contributed by atoms with Crippen LogP contribution in [0.5, 0.6) is 0 Å². The average molecular weight is 228 g/mol. The molecular weight excluding hydrogens is 200 g/mol. The lowest BCUT2D eigenvalue weighted by Crippen LogP contribution is -2.21. The van der Waals surface area contributed by atoms with Crippen LogP contribution in [0.1, 0.15) is 71.1 Å². The molecule has 1 aliphatic rings. The molecule has 0 aromatic carbocycles. The molecule has 96 valence electrons. The molecule has 2 nitrogen and oxygen atoms in total. The zero-order valence-corrected chi connectivity index (χ0v) is 10.8. The van der Waals surface area contributed by atoms with Crippen LogP contribution in [0.15, 0.2) is 0 Å². The lowest BCUT2D eigenvalue weighted by Gasteiger charge is -2.23. The summed E-state index contributed by atoms with van der Waals surface area (Å²) in [5.74, 6) is 0. The Labute approximate surface area is 100 Å². The second-order valence-electron chi connectivity index (χ2n) is 5.07. The maximum absolute atomic E-state index is 9.82. The van der Waals surface area contributed by atoms with Crippen molar-refractivity contribution in [3.05, 3.63) is 0 Å². The van der Waals surface area contributed by atoms with Gasteiger partial charge in [-0.1, -0.05) is 32.6 Å². The largest absolute Gasteiger partial charge is 0.393 e. The van der Waals surface area contributed by atoms with Crippen molar-refractivity contribution in [1.82, 2.24) is 0 Å². The van der Waals surface area contributed by atoms with E-state index in [9.17, 15) is 5.11 Å². The van der Waals surface area contributed by atoms with Crippen LogP contribution in [-0.2, 0) is 4.74 Å². The molecule has 0 aromatic heterocycles. The van der Waals surface area contributed by atoms with Gasteiger partial charge in [-0.05, 0) is 38.5 Å². The van der Waals surface area contributed by atoms with Crippen molar-refractivity contribution in [2.75, 3.05) is 6.61 Å². The second-order valence-corrected chi connectivity index (χ2v) is 5.07. The number of rotatable bonds is 8. The number of unbranched alkanes of at least 4 members (excludes halogenated alkanes) is 3. The first kappa shape index (κ1) is 14.0. The van der Waals surface area contributed by atoms with E-state index in [0.717, 1.165) is 25.9 Å². The third kappa shape index (κ3) is 6.49. The highest BCUT2D eigenvalue weighted by Crippen LogP contribution is 2.19. The average Bonchev–Trinajstić information content (AvgIpc) is 2.33. The summed E-state index contributed by atoms with van der Waals surface area (Å²) in [5, 5.41) is 9.82. The molecule has 0 bridgehead atoms. The summed E-state index contributed by atoms with van der Waals surface area (Å²) in [4.78, 5) is 0. The number of hydrogen-bond acceptors (Lipinski definition) is 2. The molecule has 1 heterocycles. The number of aliphatic hydroxyl groups excluding tert-OH is 1. The molecule has 1 fully saturated rings. The second kappa shape index (κ2) is 9.00. The number of hydrogen-bond donors (Lipinski definition) is 1. The van der Waals surface area contributed by atoms with Crippen LogP contribution >= 0.6 is 0 Å². The van der Waals surface area contributed by atoms with Crippen molar-refractivity contribution in [3.63, 3.8) is 0 Å². The van der Waals surface area contributed by atoms with Gasteiger partial charge in [0.1, 0.15) is 0 Å². The SMILES string of the molecule is CCCCCCC(O)CCC1CCCCO1. The summed E-state index contributed by atoms with van der Waals surface area (Å²) in [6.07, 6.45) is 12.0. The van der Waals surface area contributed by atoms with Crippen molar-refractivity contribution in [2.24, 2.45) is 0 Å². The van der Waals surface area contributed by atoms with Gasteiger partial charge in [0.15, 0.2) is 0 Å². The fraction of sp³-hybridized carbons (Fsp3) is 1.00. The van der Waals surface area contributed by atoms with Crippen LogP contribution in [0.2, 0.25) is 0 Å². The maximum Gasteiger partial charge on any atom is 0.0576 e. The Balaban J connectivity index is 1.94. The summed E-state index contributed by atoms with van der Waals surface area (Å²) >= 11 is 0. The molecule has 0 radical (unpaired) electrons. The van der Waals surface area contributed by atoms with Gasteiger partial charge in [-0.15, -0.1) is 0 Å². The summed E-state index contributed by atoms with van der Waals surface area (Å²) < 4.78 is 5.66. The van der Waals surface area contributed by atoms with Crippen molar-refractivity contribution < 1.29 is 9.84 Å². The van der Waals surface area contributed by atoms with E-state index in [-0.39, 0.29) is 6.10 Å². The zero-order chi connectivity index (χ0) is 11.6. The van der Waals surface area contributed by atoms with Crippen LogP contribution in [-0.4, -0.2) is 23.9 Å². The van der Waals surface area contributed by atoms with Gasteiger partial charge in [0.25, 0.3) is 0 Å². The van der Waals surface area contributed by atoms with E-state index >= 15 is 0 Å². The van der Waals surface area contributed by atoms with E-state index in [4.69, 9.17) is 4.74 Å². The molecule has 2 heteroatoms. The lowest BCUT2D eigenvalue weighted by molar-refractivity contribution is 0.00159. The predicted octanol–water partition coefficient (Wildman–Crippen LogP) is 3.67. The van der Waals surface area contributed by atoms with Crippen LogP contribution in [0, 0.1) is 0 Å². The highest BCUT2D eigenvalue weighted by Gasteiger charge is 2.15. The molecule has 1 saturated heterocycles. The van der Waals surface area contributed by atoms with Gasteiger partial charge >= 0.3 is 0 Å². The van der Waals surface area contributed by atoms with Gasteiger partial charge in [0, 0.05) is 6.61 Å². The molecular formula is C14H28O2. The van der Waals surface area contributed by atoms with Gasteiger partial charge in [-0.3, -0.25) is 0 Å². The first-order valence-corrected chi connectivity index (χ1v) is 7.12. The van der Waals surface area contributed by atoms with E-state index in [0.29, 0.717) is 6.10 Å². The van der Waals surface area contributed by atoms with Crippen LogP contribution in [0.25, 0.3) is 0 Å². The highest BCUT2D eigenvalue weighted by molar-refractivity contribution is 4.66. The van der Waals surface area contributed by atoms with Gasteiger partial charge in [-0.25, -0.2) is 0 Å². The van der Waals surface area contributed by atoms with Crippen molar-refractivity contribution in [1.29, 1.82) is 0 Å². The summed E-state index contributed by atoms with van der Waals surface area (Å²) in [7, 11) is 0. The van der Waals surface area contributed by atoms with Crippen LogP contribution in [0.4, 0.5) is 0 Å². The Morgan fingerprint density at radius 2 is 2.06 bits per heavy atom. The molecule has 1 rings (SSSR count). The third-order valence-corrected chi connectivity index (χ3v) is 3.49. The summed E-state index contributed by atoms with van der Waals surface area (Å²) in [5.41, 5.74) is 0. The maximum atomic E-state index is 9.82. The highest BCUT2D eigenvalue weighted by atomic mass is 16.5. The monoisotopic (exact) mass is 228 g/mol.